The Kier molecular flexibility index (Phi) is 6.85. The van der Waals surface area contributed by atoms with Gasteiger partial charge in [-0.15, -0.1) is 16.4 Å². The summed E-state index contributed by atoms with van der Waals surface area (Å²) in [5, 5.41) is 31.5. The second-order valence-electron chi connectivity index (χ2n) is 10.3. The first-order chi connectivity index (χ1) is 19.3. The molecule has 1 aromatic carbocycles. The van der Waals surface area contributed by atoms with Crippen molar-refractivity contribution in [1.82, 2.24) is 29.9 Å². The van der Waals surface area contributed by atoms with Crippen molar-refractivity contribution in [1.29, 1.82) is 0 Å². The topological polar surface area (TPSA) is 126 Å². The number of aryl methyl sites for hydroxylation is 2. The van der Waals surface area contributed by atoms with Gasteiger partial charge in [0, 0.05) is 49.6 Å². The highest BCUT2D eigenvalue weighted by Crippen LogP contribution is 2.37. The molecule has 0 saturated carbocycles. The third-order valence-corrected chi connectivity index (χ3v) is 8.62. The summed E-state index contributed by atoms with van der Waals surface area (Å²) in [4.78, 5) is 23.3. The van der Waals surface area contributed by atoms with Crippen molar-refractivity contribution < 1.29 is 19.7 Å². The minimum atomic E-state index is -0.881. The molecule has 0 aliphatic carbocycles. The Morgan fingerprint density at radius 1 is 1.27 bits per heavy atom. The number of aromatic hydroxyl groups is 1. The lowest BCUT2D eigenvalue weighted by Crippen LogP contribution is -2.32. The van der Waals surface area contributed by atoms with Crippen LogP contribution in [-0.4, -0.2) is 58.7 Å². The Morgan fingerprint density at radius 2 is 2.12 bits per heavy atom. The molecule has 0 bridgehead atoms. The minimum Gasteiger partial charge on any atom is -0.493 e. The zero-order chi connectivity index (χ0) is 28.0. The number of hydrogen-bond donors (Lipinski definition) is 2. The molecule has 0 spiro atoms. The number of rotatable bonds is 7. The Labute approximate surface area is 234 Å². The van der Waals surface area contributed by atoms with E-state index in [0.717, 1.165) is 34.1 Å². The average Bonchev–Trinajstić information content (AvgIpc) is 3.51. The molecular formula is C29H30N6O4S. The maximum Gasteiger partial charge on any atom is 0.304 e. The quantitative estimate of drug-likeness (QED) is 0.290. The molecular weight excluding hydrogens is 528 g/mol. The predicted molar refractivity (Wildman–Crippen MR) is 152 cm³/mol. The molecule has 1 unspecified atom stereocenters. The Morgan fingerprint density at radius 3 is 2.92 bits per heavy atom. The fourth-order valence-electron chi connectivity index (χ4n) is 5.59. The van der Waals surface area contributed by atoms with Gasteiger partial charge in [-0.05, 0) is 64.6 Å². The van der Waals surface area contributed by atoms with E-state index in [4.69, 9.17) is 4.74 Å². The normalized spacial score (nSPS) is 16.5. The summed E-state index contributed by atoms with van der Waals surface area (Å²) in [6, 6.07) is 9.65. The molecule has 40 heavy (non-hydrogen) atoms. The molecule has 2 atom stereocenters. The Balaban J connectivity index is 1.42. The van der Waals surface area contributed by atoms with Gasteiger partial charge in [0.1, 0.15) is 23.1 Å². The van der Waals surface area contributed by atoms with Crippen molar-refractivity contribution in [3.8, 4) is 11.6 Å². The number of benzene rings is 1. The third kappa shape index (κ3) is 4.86. The molecule has 5 aromatic rings. The Bertz CT molecular complexity index is 1730. The number of aromatic nitrogens is 5. The number of carboxylic acids is 1. The summed E-state index contributed by atoms with van der Waals surface area (Å²) in [6.07, 6.45) is 2.51. The number of pyridine rings is 2. The maximum atomic E-state index is 12.1. The van der Waals surface area contributed by atoms with E-state index < -0.39 is 11.9 Å². The number of hydrogen-bond acceptors (Lipinski definition) is 9. The van der Waals surface area contributed by atoms with E-state index in [1.54, 1.807) is 41.4 Å². The summed E-state index contributed by atoms with van der Waals surface area (Å²) in [7, 11) is 1.79. The van der Waals surface area contributed by atoms with Crippen molar-refractivity contribution in [3.63, 3.8) is 0 Å². The van der Waals surface area contributed by atoms with Crippen LogP contribution in [0.3, 0.4) is 0 Å². The van der Waals surface area contributed by atoms with E-state index in [9.17, 15) is 15.0 Å². The number of fused-ring (bicyclic) bond motifs is 3. The van der Waals surface area contributed by atoms with Gasteiger partial charge >= 0.3 is 5.97 Å². The summed E-state index contributed by atoms with van der Waals surface area (Å²) in [6.45, 7) is 5.91. The van der Waals surface area contributed by atoms with Crippen LogP contribution in [0.1, 0.15) is 53.6 Å². The molecule has 10 nitrogen and oxygen atoms in total. The van der Waals surface area contributed by atoms with Crippen molar-refractivity contribution in [2.75, 3.05) is 6.54 Å². The molecule has 0 radical (unpaired) electrons. The van der Waals surface area contributed by atoms with Gasteiger partial charge < -0.3 is 14.9 Å². The van der Waals surface area contributed by atoms with E-state index in [1.165, 1.54) is 4.70 Å². The number of carboxylic acid groups (broad SMARTS) is 1. The fourth-order valence-corrected chi connectivity index (χ4v) is 6.48. The number of ether oxygens (including phenoxy) is 1. The van der Waals surface area contributed by atoms with E-state index in [0.29, 0.717) is 42.2 Å². The van der Waals surface area contributed by atoms with E-state index >= 15 is 0 Å². The molecule has 206 valence electrons. The van der Waals surface area contributed by atoms with Crippen molar-refractivity contribution in [3.05, 3.63) is 69.9 Å². The summed E-state index contributed by atoms with van der Waals surface area (Å²) >= 11 is 1.68. The van der Waals surface area contributed by atoms with Crippen LogP contribution in [0.5, 0.6) is 11.6 Å². The maximum absolute atomic E-state index is 12.1. The Hall–Kier alpha value is -4.09. The highest BCUT2D eigenvalue weighted by molar-refractivity contribution is 7.17. The average molecular weight is 559 g/mol. The smallest absolute Gasteiger partial charge is 0.304 e. The minimum absolute atomic E-state index is 0.0122. The van der Waals surface area contributed by atoms with Crippen LogP contribution in [0.4, 0.5) is 0 Å². The molecule has 0 fully saturated rings. The van der Waals surface area contributed by atoms with Crippen LogP contribution in [-0.2, 0) is 24.9 Å². The lowest BCUT2D eigenvalue weighted by atomic mass is 9.85. The van der Waals surface area contributed by atoms with Gasteiger partial charge in [-0.25, -0.2) is 14.6 Å². The third-order valence-electron chi connectivity index (χ3n) is 7.61. The number of nitrogens with zero attached hydrogens (tertiary/aromatic N) is 6. The highest BCUT2D eigenvalue weighted by Gasteiger charge is 2.27. The number of carbonyl (C=O) groups is 1. The van der Waals surface area contributed by atoms with Gasteiger partial charge in [-0.2, -0.15) is 0 Å². The number of aliphatic carboxylic acids is 1. The molecule has 1 aliphatic rings. The van der Waals surface area contributed by atoms with Crippen LogP contribution in [0, 0.1) is 6.92 Å². The molecule has 0 amide bonds. The second-order valence-corrected chi connectivity index (χ2v) is 11.2. The first-order valence-corrected chi connectivity index (χ1v) is 14.1. The molecule has 1 aliphatic heterocycles. The molecule has 0 saturated heterocycles. The van der Waals surface area contributed by atoms with Gasteiger partial charge in [0.05, 0.1) is 6.42 Å². The monoisotopic (exact) mass is 558 g/mol. The van der Waals surface area contributed by atoms with Crippen molar-refractivity contribution in [2.24, 2.45) is 7.05 Å². The summed E-state index contributed by atoms with van der Waals surface area (Å²) in [5.74, 6) is -0.616. The lowest BCUT2D eigenvalue weighted by molar-refractivity contribution is -0.137. The van der Waals surface area contributed by atoms with Gasteiger partial charge in [-0.1, -0.05) is 18.2 Å². The molecule has 5 heterocycles. The van der Waals surface area contributed by atoms with Gasteiger partial charge in [-0.3, -0.25) is 9.69 Å². The zero-order valence-electron chi connectivity index (χ0n) is 22.5. The van der Waals surface area contributed by atoms with E-state index in [2.05, 4.69) is 55.7 Å². The van der Waals surface area contributed by atoms with E-state index in [1.807, 2.05) is 6.92 Å². The van der Waals surface area contributed by atoms with Crippen molar-refractivity contribution in [2.45, 2.75) is 51.8 Å². The van der Waals surface area contributed by atoms with Crippen LogP contribution in [0.2, 0.25) is 0 Å². The van der Waals surface area contributed by atoms with Gasteiger partial charge in [0.2, 0.25) is 5.88 Å². The zero-order valence-corrected chi connectivity index (χ0v) is 23.4. The standard InChI is InChI=1S/C29H30N6O4S/c1-4-20-14-35(15-23-24(39-20)5-6-25(36)31-23)13-19-10-18(9-17-7-8-40-28(17)19)21(11-26(37)38)22-12-30-29-27(16(22)2)32-33-34(29)3/h5-10,12,20-21H,4,11,13-15H2,1-3H3,(H,31,36)(H,37,38)/t20-,21?/m1/s1. The van der Waals surface area contributed by atoms with Gasteiger partial charge in [0.15, 0.2) is 5.65 Å². The molecule has 2 N–H and O–H groups in total. The van der Waals surface area contributed by atoms with Crippen LogP contribution in [0.25, 0.3) is 21.3 Å². The first kappa shape index (κ1) is 26.1. The van der Waals surface area contributed by atoms with Crippen LogP contribution in [0.15, 0.2) is 41.9 Å². The largest absolute Gasteiger partial charge is 0.493 e. The SMILES string of the molecule is CC[C@@H]1CN(Cc2cc(C(CC(=O)O)c3cnc4c(nnn4C)c3C)cc3ccsc23)Cc2nc(O)ccc2O1. The van der Waals surface area contributed by atoms with Crippen LogP contribution < -0.4 is 4.74 Å². The predicted octanol–water partition coefficient (Wildman–Crippen LogP) is 4.77. The lowest BCUT2D eigenvalue weighted by Gasteiger charge is -2.24. The van der Waals surface area contributed by atoms with Gasteiger partial charge in [0.25, 0.3) is 0 Å². The molecule has 11 heteroatoms. The number of thiophene rings is 1. The van der Waals surface area contributed by atoms with E-state index in [-0.39, 0.29) is 18.4 Å². The first-order valence-electron chi connectivity index (χ1n) is 13.2. The second kappa shape index (κ2) is 10.5. The fraction of sp³-hybridized carbons (Fsp3) is 0.345. The summed E-state index contributed by atoms with van der Waals surface area (Å²) in [5.41, 5.74) is 5.80. The van der Waals surface area contributed by atoms with Crippen molar-refractivity contribution >= 4 is 38.6 Å². The summed E-state index contributed by atoms with van der Waals surface area (Å²) < 4.78 is 9.00. The highest BCUT2D eigenvalue weighted by atomic mass is 32.1. The molecule has 4 aromatic heterocycles. The van der Waals surface area contributed by atoms with Crippen LogP contribution >= 0.6 is 11.3 Å². The molecule has 6 rings (SSSR count).